The molecule has 0 radical (unpaired) electrons. The van der Waals surface area contributed by atoms with Crippen molar-refractivity contribution in [2.24, 2.45) is 11.7 Å². The fourth-order valence-electron chi connectivity index (χ4n) is 4.53. The van der Waals surface area contributed by atoms with Crippen molar-refractivity contribution in [3.8, 4) is 0 Å². The van der Waals surface area contributed by atoms with Gasteiger partial charge in [0.2, 0.25) is 17.7 Å². The van der Waals surface area contributed by atoms with E-state index in [1.807, 2.05) is 50.2 Å². The maximum absolute atomic E-state index is 13.5. The number of carboxylic acid groups (broad SMARTS) is 1. The first-order valence-corrected chi connectivity index (χ1v) is 12.6. The van der Waals surface area contributed by atoms with Crippen molar-refractivity contribution in [3.05, 3.63) is 71.8 Å². The second-order valence-electron chi connectivity index (χ2n) is 9.81. The third-order valence-corrected chi connectivity index (χ3v) is 6.60. The third-order valence-electron chi connectivity index (χ3n) is 6.60. The molecule has 5 N–H and O–H groups in total. The number of carboxylic acids is 1. The number of hydrogen-bond donors (Lipinski definition) is 4. The summed E-state index contributed by atoms with van der Waals surface area (Å²) in [6.07, 6.45) is 1.49. The molecular formula is C28H36N4O5. The van der Waals surface area contributed by atoms with Crippen LogP contribution in [0.2, 0.25) is 0 Å². The van der Waals surface area contributed by atoms with E-state index in [1.54, 1.807) is 24.3 Å². The van der Waals surface area contributed by atoms with Gasteiger partial charge in [-0.05, 0) is 36.3 Å². The zero-order valence-corrected chi connectivity index (χ0v) is 21.3. The van der Waals surface area contributed by atoms with Crippen LogP contribution >= 0.6 is 0 Å². The second-order valence-corrected chi connectivity index (χ2v) is 9.81. The molecule has 4 atom stereocenters. The van der Waals surface area contributed by atoms with E-state index >= 15 is 0 Å². The van der Waals surface area contributed by atoms with Gasteiger partial charge in [-0.1, -0.05) is 74.5 Å². The van der Waals surface area contributed by atoms with Crippen molar-refractivity contribution < 1.29 is 24.3 Å². The minimum absolute atomic E-state index is 0.132. The van der Waals surface area contributed by atoms with Crippen LogP contribution in [0.1, 0.15) is 37.8 Å². The normalized spacial score (nSPS) is 17.6. The number of amides is 3. The number of hydrogen-bond acceptors (Lipinski definition) is 5. The number of rotatable bonds is 11. The van der Waals surface area contributed by atoms with Crippen LogP contribution in [0.3, 0.4) is 0 Å². The van der Waals surface area contributed by atoms with Gasteiger partial charge in [0.15, 0.2) is 0 Å². The molecule has 2 aromatic carbocycles. The van der Waals surface area contributed by atoms with Gasteiger partial charge < -0.3 is 26.4 Å². The largest absolute Gasteiger partial charge is 0.480 e. The van der Waals surface area contributed by atoms with E-state index in [1.165, 1.54) is 4.90 Å². The van der Waals surface area contributed by atoms with Gasteiger partial charge >= 0.3 is 5.97 Å². The zero-order chi connectivity index (χ0) is 26.9. The highest BCUT2D eigenvalue weighted by Gasteiger charge is 2.40. The number of benzene rings is 2. The third kappa shape index (κ3) is 7.63. The standard InChI is InChI=1S/C28H36N4O5/c1-18(2)24(31-25(33)21(29)16-19-10-5-3-6-11-19)27(35)32-15-9-14-23(32)26(34)30-22(28(36)37)17-20-12-7-4-8-13-20/h3-8,10-13,18,21-24H,9,14-17,29H2,1-2H3,(H,30,34)(H,31,33)(H,36,37). The molecule has 9 nitrogen and oxygen atoms in total. The molecule has 9 heteroatoms. The van der Waals surface area contributed by atoms with E-state index in [0.717, 1.165) is 11.1 Å². The summed E-state index contributed by atoms with van der Waals surface area (Å²) in [5.74, 6) is -2.71. The Morgan fingerprint density at radius 1 is 0.946 bits per heavy atom. The van der Waals surface area contributed by atoms with Crippen LogP contribution in [-0.4, -0.2) is 64.4 Å². The molecule has 0 bridgehead atoms. The van der Waals surface area contributed by atoms with E-state index in [4.69, 9.17) is 5.73 Å². The minimum atomic E-state index is -1.15. The molecule has 3 amide bonds. The van der Waals surface area contributed by atoms with Crippen molar-refractivity contribution in [2.75, 3.05) is 6.54 Å². The lowest BCUT2D eigenvalue weighted by atomic mass is 10.00. The summed E-state index contributed by atoms with van der Waals surface area (Å²) in [5.41, 5.74) is 7.81. The predicted octanol–water partition coefficient (Wildman–Crippen LogP) is 1.50. The summed E-state index contributed by atoms with van der Waals surface area (Å²) < 4.78 is 0. The van der Waals surface area contributed by atoms with Crippen molar-refractivity contribution in [3.63, 3.8) is 0 Å². The summed E-state index contributed by atoms with van der Waals surface area (Å²) in [7, 11) is 0. The monoisotopic (exact) mass is 508 g/mol. The van der Waals surface area contributed by atoms with Gasteiger partial charge in [0.1, 0.15) is 18.1 Å². The van der Waals surface area contributed by atoms with Gasteiger partial charge in [0.25, 0.3) is 0 Å². The zero-order valence-electron chi connectivity index (χ0n) is 21.3. The van der Waals surface area contributed by atoms with Gasteiger partial charge in [0, 0.05) is 13.0 Å². The molecule has 0 saturated carbocycles. The molecule has 198 valence electrons. The molecule has 0 aromatic heterocycles. The topological polar surface area (TPSA) is 142 Å². The summed E-state index contributed by atoms with van der Waals surface area (Å²) in [6.45, 7) is 3.98. The number of aliphatic carboxylic acids is 1. The Balaban J connectivity index is 1.66. The van der Waals surface area contributed by atoms with Crippen LogP contribution in [0.25, 0.3) is 0 Å². The lowest BCUT2D eigenvalue weighted by Gasteiger charge is -2.31. The average Bonchev–Trinajstić information content (AvgIpc) is 3.37. The lowest BCUT2D eigenvalue weighted by Crippen LogP contribution is -2.58. The van der Waals surface area contributed by atoms with Crippen molar-refractivity contribution in [1.29, 1.82) is 0 Å². The van der Waals surface area contributed by atoms with Gasteiger partial charge in [-0.15, -0.1) is 0 Å². The van der Waals surface area contributed by atoms with Crippen LogP contribution in [-0.2, 0) is 32.0 Å². The molecule has 1 fully saturated rings. The Morgan fingerprint density at radius 3 is 2.05 bits per heavy atom. The minimum Gasteiger partial charge on any atom is -0.480 e. The first-order chi connectivity index (χ1) is 17.7. The van der Waals surface area contributed by atoms with Crippen molar-refractivity contribution in [2.45, 2.75) is 63.7 Å². The van der Waals surface area contributed by atoms with Crippen LogP contribution in [0.5, 0.6) is 0 Å². The summed E-state index contributed by atoms with van der Waals surface area (Å²) in [6, 6.07) is 14.8. The van der Waals surface area contributed by atoms with Gasteiger partial charge in [-0.3, -0.25) is 14.4 Å². The first kappa shape index (κ1) is 27.9. The Labute approximate surface area is 217 Å². The van der Waals surface area contributed by atoms with Gasteiger partial charge in [0.05, 0.1) is 6.04 Å². The molecule has 1 aliphatic heterocycles. The molecule has 3 rings (SSSR count). The summed E-state index contributed by atoms with van der Waals surface area (Å²) >= 11 is 0. The molecule has 0 aliphatic carbocycles. The smallest absolute Gasteiger partial charge is 0.326 e. The maximum atomic E-state index is 13.5. The quantitative estimate of drug-likeness (QED) is 0.362. The number of nitrogens with one attached hydrogen (secondary N) is 2. The number of carbonyl (C=O) groups excluding carboxylic acids is 3. The van der Waals surface area contributed by atoms with Crippen LogP contribution in [0, 0.1) is 5.92 Å². The van der Waals surface area contributed by atoms with E-state index < -0.39 is 42.0 Å². The SMILES string of the molecule is CC(C)C(NC(=O)C(N)Cc1ccccc1)C(=O)N1CCCC1C(=O)NC(Cc1ccccc1)C(=O)O. The predicted molar refractivity (Wildman–Crippen MR) is 139 cm³/mol. The van der Waals surface area contributed by atoms with Crippen LogP contribution < -0.4 is 16.4 Å². The lowest BCUT2D eigenvalue weighted by molar-refractivity contribution is -0.145. The molecule has 2 aromatic rings. The van der Waals surface area contributed by atoms with E-state index in [0.29, 0.717) is 25.8 Å². The van der Waals surface area contributed by atoms with Crippen LogP contribution in [0.4, 0.5) is 0 Å². The highest BCUT2D eigenvalue weighted by molar-refractivity contribution is 5.94. The molecule has 0 spiro atoms. The summed E-state index contributed by atoms with van der Waals surface area (Å²) in [4.78, 5) is 52.7. The van der Waals surface area contributed by atoms with E-state index in [2.05, 4.69) is 10.6 Å². The molecular weight excluding hydrogens is 472 g/mol. The van der Waals surface area contributed by atoms with Gasteiger partial charge in [-0.25, -0.2) is 4.79 Å². The first-order valence-electron chi connectivity index (χ1n) is 12.6. The number of likely N-dealkylation sites (tertiary alicyclic amines) is 1. The Kier molecular flexibility index (Phi) is 9.79. The molecule has 1 aliphatic rings. The van der Waals surface area contributed by atoms with E-state index in [-0.39, 0.29) is 18.2 Å². The van der Waals surface area contributed by atoms with Crippen molar-refractivity contribution in [1.82, 2.24) is 15.5 Å². The van der Waals surface area contributed by atoms with Crippen molar-refractivity contribution >= 4 is 23.7 Å². The average molecular weight is 509 g/mol. The number of nitrogens with two attached hydrogens (primary N) is 1. The Hall–Kier alpha value is -3.72. The number of nitrogens with zero attached hydrogens (tertiary/aromatic N) is 1. The Morgan fingerprint density at radius 2 is 1.51 bits per heavy atom. The fourth-order valence-corrected chi connectivity index (χ4v) is 4.53. The van der Waals surface area contributed by atoms with Gasteiger partial charge in [-0.2, -0.15) is 0 Å². The maximum Gasteiger partial charge on any atom is 0.326 e. The fraction of sp³-hybridized carbons (Fsp3) is 0.429. The van der Waals surface area contributed by atoms with E-state index in [9.17, 15) is 24.3 Å². The Bertz CT molecular complexity index is 1080. The molecule has 1 saturated heterocycles. The summed E-state index contributed by atoms with van der Waals surface area (Å²) in [5, 5.41) is 15.1. The second kappa shape index (κ2) is 13.0. The highest BCUT2D eigenvalue weighted by atomic mass is 16.4. The molecule has 4 unspecified atom stereocenters. The number of carbonyl (C=O) groups is 4. The van der Waals surface area contributed by atoms with Crippen LogP contribution in [0.15, 0.2) is 60.7 Å². The molecule has 1 heterocycles. The highest BCUT2D eigenvalue weighted by Crippen LogP contribution is 2.21. The molecule has 37 heavy (non-hydrogen) atoms.